The van der Waals surface area contributed by atoms with Crippen LogP contribution in [0.25, 0.3) is 0 Å². The molecule has 1 atom stereocenters. The average Bonchev–Trinajstić information content (AvgIpc) is 2.20. The fourth-order valence-corrected chi connectivity index (χ4v) is 1.68. The van der Waals surface area contributed by atoms with Crippen LogP contribution < -0.4 is 0 Å². The minimum Gasteiger partial charge on any atom is -0.171 e. The average molecular weight is 222 g/mol. The molecule has 0 fully saturated rings. The molecule has 0 amide bonds. The molecule has 15 heavy (non-hydrogen) atoms. The van der Waals surface area contributed by atoms with Gasteiger partial charge in [-0.05, 0) is 25.2 Å². The molecule has 0 aromatic rings. The zero-order valence-electron chi connectivity index (χ0n) is 9.99. The molecular weight excluding hydrogens is 201 g/mol. The van der Waals surface area contributed by atoms with Gasteiger partial charge in [0.25, 0.3) is 0 Å². The SMILES string of the molecule is CC.CC(C)C1=CCC(C(F)(F)F)CC1. The van der Waals surface area contributed by atoms with E-state index in [1.807, 2.05) is 27.7 Å². The summed E-state index contributed by atoms with van der Waals surface area (Å²) in [6.45, 7) is 8.06. The van der Waals surface area contributed by atoms with Gasteiger partial charge in [-0.2, -0.15) is 13.2 Å². The third-order valence-electron chi connectivity index (χ3n) is 2.65. The van der Waals surface area contributed by atoms with Crippen LogP contribution in [0.5, 0.6) is 0 Å². The zero-order chi connectivity index (χ0) is 12.1. The summed E-state index contributed by atoms with van der Waals surface area (Å²) in [7, 11) is 0. The maximum atomic E-state index is 12.2. The highest BCUT2D eigenvalue weighted by Crippen LogP contribution is 2.38. The van der Waals surface area contributed by atoms with E-state index in [1.54, 1.807) is 6.08 Å². The van der Waals surface area contributed by atoms with Crippen molar-refractivity contribution in [3.8, 4) is 0 Å². The van der Waals surface area contributed by atoms with Gasteiger partial charge in [-0.25, -0.2) is 0 Å². The van der Waals surface area contributed by atoms with Gasteiger partial charge in [0, 0.05) is 0 Å². The molecule has 0 heterocycles. The summed E-state index contributed by atoms with van der Waals surface area (Å²) in [5.41, 5.74) is 1.18. The predicted octanol–water partition coefficient (Wildman–Crippen LogP) is 4.96. The molecule has 0 nitrogen and oxygen atoms in total. The molecule has 1 aliphatic rings. The van der Waals surface area contributed by atoms with E-state index in [-0.39, 0.29) is 12.8 Å². The first-order chi connectivity index (χ1) is 6.91. The van der Waals surface area contributed by atoms with Crippen molar-refractivity contribution in [2.45, 2.75) is 53.1 Å². The Labute approximate surface area is 90.6 Å². The van der Waals surface area contributed by atoms with Crippen molar-refractivity contribution in [2.75, 3.05) is 0 Å². The Morgan fingerprint density at radius 2 is 1.80 bits per heavy atom. The lowest BCUT2D eigenvalue weighted by molar-refractivity contribution is -0.176. The summed E-state index contributed by atoms with van der Waals surface area (Å²) in [5, 5.41) is 0. The van der Waals surface area contributed by atoms with Crippen LogP contribution in [0, 0.1) is 11.8 Å². The van der Waals surface area contributed by atoms with Gasteiger partial charge in [0.05, 0.1) is 5.92 Å². The van der Waals surface area contributed by atoms with Crippen LogP contribution in [0.3, 0.4) is 0 Å². The van der Waals surface area contributed by atoms with Crippen LogP contribution in [0.2, 0.25) is 0 Å². The molecule has 1 unspecified atom stereocenters. The van der Waals surface area contributed by atoms with E-state index in [9.17, 15) is 13.2 Å². The molecule has 3 heteroatoms. The van der Waals surface area contributed by atoms with E-state index < -0.39 is 12.1 Å². The standard InChI is InChI=1S/C10H15F3.C2H6/c1-7(2)8-3-5-9(6-4-8)10(11,12)13;1-2/h3,7,9H,4-6H2,1-2H3;1-2H3. The van der Waals surface area contributed by atoms with Crippen LogP contribution in [0.4, 0.5) is 13.2 Å². The first kappa shape index (κ1) is 14.5. The van der Waals surface area contributed by atoms with E-state index in [2.05, 4.69) is 0 Å². The number of rotatable bonds is 1. The van der Waals surface area contributed by atoms with E-state index in [1.165, 1.54) is 5.57 Å². The summed E-state index contributed by atoms with van der Waals surface area (Å²) in [6, 6.07) is 0. The molecule has 0 aliphatic heterocycles. The van der Waals surface area contributed by atoms with E-state index in [4.69, 9.17) is 0 Å². The predicted molar refractivity (Wildman–Crippen MR) is 57.7 cm³/mol. The first-order valence-electron chi connectivity index (χ1n) is 5.67. The number of halogens is 3. The quantitative estimate of drug-likeness (QED) is 0.550. The molecule has 0 bridgehead atoms. The molecule has 0 N–H and O–H groups in total. The Hall–Kier alpha value is -0.470. The van der Waals surface area contributed by atoms with Crippen LogP contribution in [-0.2, 0) is 0 Å². The second-order valence-corrected chi connectivity index (χ2v) is 3.95. The lowest BCUT2D eigenvalue weighted by atomic mass is 9.85. The highest BCUT2D eigenvalue weighted by Gasteiger charge is 2.39. The van der Waals surface area contributed by atoms with Gasteiger partial charge in [-0.1, -0.05) is 39.3 Å². The van der Waals surface area contributed by atoms with Crippen LogP contribution in [0.1, 0.15) is 47.0 Å². The normalized spacial score (nSPS) is 21.9. The second kappa shape index (κ2) is 6.19. The fraction of sp³-hybridized carbons (Fsp3) is 0.833. The molecule has 0 aromatic heterocycles. The molecule has 0 saturated carbocycles. The number of alkyl halides is 3. The molecule has 0 aromatic carbocycles. The lowest BCUT2D eigenvalue weighted by Crippen LogP contribution is -2.24. The van der Waals surface area contributed by atoms with Crippen molar-refractivity contribution in [1.82, 2.24) is 0 Å². The van der Waals surface area contributed by atoms with Crippen molar-refractivity contribution in [2.24, 2.45) is 11.8 Å². The Kier molecular flexibility index (Phi) is 5.99. The first-order valence-corrected chi connectivity index (χ1v) is 5.67. The van der Waals surface area contributed by atoms with E-state index in [0.29, 0.717) is 12.3 Å². The van der Waals surface area contributed by atoms with Crippen molar-refractivity contribution < 1.29 is 13.2 Å². The topological polar surface area (TPSA) is 0 Å². The number of hydrogen-bond donors (Lipinski definition) is 0. The Balaban J connectivity index is 0.000000921. The Bertz CT molecular complexity index is 201. The molecule has 1 rings (SSSR count). The van der Waals surface area contributed by atoms with Gasteiger partial charge in [0.1, 0.15) is 0 Å². The minimum absolute atomic E-state index is 0.178. The van der Waals surface area contributed by atoms with E-state index >= 15 is 0 Å². The number of hydrogen-bond acceptors (Lipinski definition) is 0. The van der Waals surface area contributed by atoms with Crippen molar-refractivity contribution >= 4 is 0 Å². The highest BCUT2D eigenvalue weighted by molar-refractivity contribution is 5.09. The van der Waals surface area contributed by atoms with Gasteiger partial charge in [0.2, 0.25) is 0 Å². The van der Waals surface area contributed by atoms with Crippen molar-refractivity contribution in [3.05, 3.63) is 11.6 Å². The molecule has 0 radical (unpaired) electrons. The van der Waals surface area contributed by atoms with Crippen LogP contribution in [-0.4, -0.2) is 6.18 Å². The molecule has 0 spiro atoms. The summed E-state index contributed by atoms with van der Waals surface area (Å²) in [4.78, 5) is 0. The maximum Gasteiger partial charge on any atom is 0.392 e. The molecule has 1 aliphatic carbocycles. The van der Waals surface area contributed by atoms with Gasteiger partial charge in [-0.15, -0.1) is 0 Å². The third kappa shape index (κ3) is 4.72. The van der Waals surface area contributed by atoms with Crippen LogP contribution >= 0.6 is 0 Å². The largest absolute Gasteiger partial charge is 0.392 e. The van der Waals surface area contributed by atoms with E-state index in [0.717, 1.165) is 0 Å². The molecular formula is C12H21F3. The smallest absolute Gasteiger partial charge is 0.171 e. The zero-order valence-corrected chi connectivity index (χ0v) is 9.99. The van der Waals surface area contributed by atoms with Crippen molar-refractivity contribution in [3.63, 3.8) is 0 Å². The van der Waals surface area contributed by atoms with Gasteiger partial charge in [-0.3, -0.25) is 0 Å². The van der Waals surface area contributed by atoms with Crippen molar-refractivity contribution in [1.29, 1.82) is 0 Å². The summed E-state index contributed by atoms with van der Waals surface area (Å²) in [6.07, 6.45) is -1.17. The Morgan fingerprint density at radius 1 is 1.27 bits per heavy atom. The minimum atomic E-state index is -4.00. The second-order valence-electron chi connectivity index (χ2n) is 3.95. The summed E-state index contributed by atoms with van der Waals surface area (Å²) < 4.78 is 36.7. The lowest BCUT2D eigenvalue weighted by Gasteiger charge is -2.25. The number of allylic oxidation sites excluding steroid dienone is 2. The molecule has 0 saturated heterocycles. The monoisotopic (exact) mass is 222 g/mol. The maximum absolute atomic E-state index is 12.2. The Morgan fingerprint density at radius 3 is 2.07 bits per heavy atom. The highest BCUT2D eigenvalue weighted by atomic mass is 19.4. The molecule has 90 valence electrons. The van der Waals surface area contributed by atoms with Gasteiger partial charge in [0.15, 0.2) is 0 Å². The van der Waals surface area contributed by atoms with Gasteiger partial charge < -0.3 is 0 Å². The third-order valence-corrected chi connectivity index (χ3v) is 2.65. The fourth-order valence-electron chi connectivity index (χ4n) is 1.68. The van der Waals surface area contributed by atoms with Crippen LogP contribution in [0.15, 0.2) is 11.6 Å². The summed E-state index contributed by atoms with van der Waals surface area (Å²) in [5.74, 6) is -0.704. The van der Waals surface area contributed by atoms with Gasteiger partial charge >= 0.3 is 6.18 Å². The summed E-state index contributed by atoms with van der Waals surface area (Å²) >= 11 is 0.